The molecule has 0 aliphatic carbocycles. The largest absolute Gasteiger partial charge is 0.493 e. The Labute approximate surface area is 251 Å². The molecule has 226 valence electrons. The predicted molar refractivity (Wildman–Crippen MR) is 161 cm³/mol. The number of amides is 1. The summed E-state index contributed by atoms with van der Waals surface area (Å²) < 4.78 is 31.0. The van der Waals surface area contributed by atoms with E-state index in [4.69, 9.17) is 25.8 Å². The summed E-state index contributed by atoms with van der Waals surface area (Å²) in [5.41, 5.74) is 0.935. The van der Waals surface area contributed by atoms with E-state index in [1.165, 1.54) is 18.5 Å². The third kappa shape index (κ3) is 7.15. The lowest BCUT2D eigenvalue weighted by molar-refractivity contribution is 0.00539. The van der Waals surface area contributed by atoms with E-state index >= 15 is 0 Å². The number of benzene rings is 2. The summed E-state index contributed by atoms with van der Waals surface area (Å²) in [6.45, 7) is 10.7. The number of ether oxygens (including phenoxy) is 3. The van der Waals surface area contributed by atoms with Crippen molar-refractivity contribution in [3.05, 3.63) is 47.5 Å². The zero-order chi connectivity index (χ0) is 29.9. The third-order valence-electron chi connectivity index (χ3n) is 7.81. The maximum atomic E-state index is 13.6. The second-order valence-corrected chi connectivity index (χ2v) is 12.6. The first-order valence-electron chi connectivity index (χ1n) is 14.4. The zero-order valence-corrected chi connectivity index (χ0v) is 25.5. The van der Waals surface area contributed by atoms with Gasteiger partial charge in [0.05, 0.1) is 24.3 Å². The van der Waals surface area contributed by atoms with Crippen LogP contribution < -0.4 is 14.8 Å². The molecule has 3 heterocycles. The molecule has 2 fully saturated rings. The molecule has 9 nitrogen and oxygen atoms in total. The average molecular weight is 600 g/mol. The molecule has 5 rings (SSSR count). The first-order chi connectivity index (χ1) is 20.0. The highest BCUT2D eigenvalue weighted by molar-refractivity contribution is 6.31. The lowest BCUT2D eigenvalue weighted by Gasteiger charge is -2.40. The van der Waals surface area contributed by atoms with Crippen molar-refractivity contribution >= 4 is 40.1 Å². The van der Waals surface area contributed by atoms with Crippen molar-refractivity contribution < 1.29 is 23.4 Å². The second kappa shape index (κ2) is 12.5. The Morgan fingerprint density at radius 2 is 1.95 bits per heavy atom. The van der Waals surface area contributed by atoms with Gasteiger partial charge in [-0.25, -0.2) is 19.2 Å². The van der Waals surface area contributed by atoms with Crippen LogP contribution in [0.4, 0.5) is 20.7 Å². The number of nitrogens with one attached hydrogen (secondary N) is 1. The summed E-state index contributed by atoms with van der Waals surface area (Å²) in [7, 11) is 1.60. The van der Waals surface area contributed by atoms with Crippen LogP contribution in [0.25, 0.3) is 10.9 Å². The van der Waals surface area contributed by atoms with E-state index < -0.39 is 11.4 Å². The molecular formula is C31H39ClFN5O4. The minimum absolute atomic E-state index is 0.0248. The molecule has 0 bridgehead atoms. The molecule has 2 aliphatic heterocycles. The monoisotopic (exact) mass is 599 g/mol. The molecule has 1 amide bonds. The van der Waals surface area contributed by atoms with Crippen LogP contribution in [0.2, 0.25) is 5.02 Å². The molecular weight excluding hydrogens is 561 g/mol. The van der Waals surface area contributed by atoms with Crippen LogP contribution in [-0.4, -0.2) is 77.9 Å². The van der Waals surface area contributed by atoms with Gasteiger partial charge in [0.15, 0.2) is 11.5 Å². The fourth-order valence-electron chi connectivity index (χ4n) is 5.86. The lowest BCUT2D eigenvalue weighted by atomic mass is 9.79. The predicted octanol–water partition coefficient (Wildman–Crippen LogP) is 6.67. The fraction of sp³-hybridized carbons (Fsp3) is 0.516. The molecule has 11 heteroatoms. The molecule has 1 N–H and O–H groups in total. The molecule has 1 unspecified atom stereocenters. The van der Waals surface area contributed by atoms with Gasteiger partial charge >= 0.3 is 6.09 Å². The number of rotatable bonds is 8. The highest BCUT2D eigenvalue weighted by Gasteiger charge is 2.43. The normalized spacial score (nSPS) is 19.3. The van der Waals surface area contributed by atoms with Crippen LogP contribution in [-0.2, 0) is 4.74 Å². The standard InChI is InChI=1S/C31H39ClFN5O4/c1-30(2,3)42-29(39)38-12-5-9-31(19-38)10-13-37(18-31)11-6-14-41-27-16-22-25(17-26(27)40-4)34-20-35-28(22)36-21-7-8-24(33)23(32)15-21/h7-8,15-17,20H,5-6,9-14,18-19H2,1-4H3,(H,34,35,36). The van der Waals surface area contributed by atoms with Gasteiger partial charge in [-0.3, -0.25) is 0 Å². The fourth-order valence-corrected chi connectivity index (χ4v) is 6.04. The Morgan fingerprint density at radius 3 is 2.71 bits per heavy atom. The van der Waals surface area contributed by atoms with E-state index in [-0.39, 0.29) is 16.5 Å². The number of likely N-dealkylation sites (tertiary alicyclic amines) is 2. The Bertz CT molecular complexity index is 1430. The Balaban J connectivity index is 1.18. The molecule has 2 saturated heterocycles. The molecule has 1 spiro atoms. The van der Waals surface area contributed by atoms with Crippen LogP contribution in [0.1, 0.15) is 46.5 Å². The van der Waals surface area contributed by atoms with Crippen molar-refractivity contribution in [2.45, 2.75) is 52.1 Å². The topological polar surface area (TPSA) is 89.1 Å². The van der Waals surface area contributed by atoms with Gasteiger partial charge < -0.3 is 29.3 Å². The van der Waals surface area contributed by atoms with Gasteiger partial charge in [-0.2, -0.15) is 0 Å². The molecule has 2 aromatic carbocycles. The Morgan fingerprint density at radius 1 is 1.12 bits per heavy atom. The maximum absolute atomic E-state index is 13.6. The number of halogens is 2. The van der Waals surface area contributed by atoms with Gasteiger partial charge in [-0.05, 0) is 77.3 Å². The summed E-state index contributed by atoms with van der Waals surface area (Å²) in [5, 5.41) is 3.96. The number of hydrogen-bond acceptors (Lipinski definition) is 8. The molecule has 1 aromatic heterocycles. The molecule has 0 saturated carbocycles. The van der Waals surface area contributed by atoms with Crippen LogP contribution in [0.15, 0.2) is 36.7 Å². The van der Waals surface area contributed by atoms with Crippen molar-refractivity contribution in [3.63, 3.8) is 0 Å². The summed E-state index contributed by atoms with van der Waals surface area (Å²) >= 11 is 5.95. The molecule has 3 aromatic rings. The van der Waals surface area contributed by atoms with E-state index in [9.17, 15) is 9.18 Å². The van der Waals surface area contributed by atoms with Crippen molar-refractivity contribution in [2.75, 3.05) is 51.8 Å². The van der Waals surface area contributed by atoms with Gasteiger partial charge in [0.2, 0.25) is 0 Å². The number of piperidine rings is 1. The van der Waals surface area contributed by atoms with Crippen LogP contribution in [0.5, 0.6) is 11.5 Å². The first kappa shape index (κ1) is 30.1. The SMILES string of the molecule is COc1cc2ncnc(Nc3ccc(F)c(Cl)c3)c2cc1OCCCN1CCC2(CCCN(C(=O)OC(C)(C)C)C2)C1. The molecule has 2 aliphatic rings. The van der Waals surface area contributed by atoms with Crippen LogP contribution in [0.3, 0.4) is 0 Å². The molecule has 0 radical (unpaired) electrons. The molecule has 42 heavy (non-hydrogen) atoms. The molecule has 1 atom stereocenters. The quantitative estimate of drug-likeness (QED) is 0.287. The van der Waals surface area contributed by atoms with Crippen LogP contribution >= 0.6 is 11.6 Å². The van der Waals surface area contributed by atoms with E-state index in [2.05, 4.69) is 20.2 Å². The first-order valence-corrected chi connectivity index (χ1v) is 14.8. The number of carbonyl (C=O) groups is 1. The van der Waals surface area contributed by atoms with Crippen LogP contribution in [0, 0.1) is 11.2 Å². The van der Waals surface area contributed by atoms with E-state index in [0.29, 0.717) is 35.1 Å². The number of methoxy groups -OCH3 is 1. The highest BCUT2D eigenvalue weighted by atomic mass is 35.5. The van der Waals surface area contributed by atoms with Gasteiger partial charge in [-0.15, -0.1) is 0 Å². The number of fused-ring (bicyclic) bond motifs is 1. The summed E-state index contributed by atoms with van der Waals surface area (Å²) in [4.78, 5) is 25.8. The third-order valence-corrected chi connectivity index (χ3v) is 8.10. The minimum Gasteiger partial charge on any atom is -0.493 e. The zero-order valence-electron chi connectivity index (χ0n) is 24.7. The minimum atomic E-state index is -0.487. The van der Waals surface area contributed by atoms with Crippen molar-refractivity contribution in [1.29, 1.82) is 0 Å². The van der Waals surface area contributed by atoms with Gasteiger partial charge in [0, 0.05) is 48.7 Å². The van der Waals surface area contributed by atoms with Crippen molar-refractivity contribution in [3.8, 4) is 11.5 Å². The number of anilines is 2. The summed E-state index contributed by atoms with van der Waals surface area (Å²) in [5.74, 6) is 1.24. The van der Waals surface area contributed by atoms with Crippen molar-refractivity contribution in [1.82, 2.24) is 19.8 Å². The van der Waals surface area contributed by atoms with Crippen molar-refractivity contribution in [2.24, 2.45) is 5.41 Å². The lowest BCUT2D eigenvalue weighted by Crippen LogP contribution is -2.48. The summed E-state index contributed by atoms with van der Waals surface area (Å²) in [6.07, 6.45) is 5.32. The number of aromatic nitrogens is 2. The number of hydrogen-bond donors (Lipinski definition) is 1. The van der Waals surface area contributed by atoms with E-state index in [1.54, 1.807) is 13.2 Å². The second-order valence-electron chi connectivity index (χ2n) is 12.2. The number of nitrogens with zero attached hydrogens (tertiary/aromatic N) is 4. The smallest absolute Gasteiger partial charge is 0.410 e. The average Bonchev–Trinajstić information content (AvgIpc) is 3.33. The van der Waals surface area contributed by atoms with Gasteiger partial charge in [0.25, 0.3) is 0 Å². The number of carbonyl (C=O) groups excluding carboxylic acids is 1. The maximum Gasteiger partial charge on any atom is 0.410 e. The Hall–Kier alpha value is -3.37. The van der Waals surface area contributed by atoms with E-state index in [0.717, 1.165) is 63.8 Å². The van der Waals surface area contributed by atoms with Gasteiger partial charge in [-0.1, -0.05) is 11.6 Å². The van der Waals surface area contributed by atoms with E-state index in [1.807, 2.05) is 37.8 Å². The highest BCUT2D eigenvalue weighted by Crippen LogP contribution is 2.40. The van der Waals surface area contributed by atoms with Gasteiger partial charge in [0.1, 0.15) is 23.6 Å². The Kier molecular flexibility index (Phi) is 8.94. The summed E-state index contributed by atoms with van der Waals surface area (Å²) in [6, 6.07) is 8.09.